The maximum Gasteiger partial charge on any atom is 0.407 e. The molecule has 1 aromatic heterocycles. The van der Waals surface area contributed by atoms with Gasteiger partial charge in [0.1, 0.15) is 12.3 Å². The van der Waals surface area contributed by atoms with Gasteiger partial charge in [0, 0.05) is 19.2 Å². The molecule has 0 bridgehead atoms. The number of hydrogen-bond donors (Lipinski definition) is 1. The molecular formula is C20H21FN2O2. The lowest BCUT2D eigenvalue weighted by Gasteiger charge is -2.17. The van der Waals surface area contributed by atoms with Crippen LogP contribution in [0.4, 0.5) is 9.18 Å². The van der Waals surface area contributed by atoms with E-state index in [9.17, 15) is 9.18 Å². The Morgan fingerprint density at radius 3 is 2.68 bits per heavy atom. The van der Waals surface area contributed by atoms with E-state index in [-0.39, 0.29) is 26.0 Å². The summed E-state index contributed by atoms with van der Waals surface area (Å²) in [5, 5.41) is 2.56. The summed E-state index contributed by atoms with van der Waals surface area (Å²) in [5.74, 6) is 5.36. The van der Waals surface area contributed by atoms with Crippen molar-refractivity contribution in [2.75, 3.05) is 6.54 Å². The second kappa shape index (κ2) is 9.43. The summed E-state index contributed by atoms with van der Waals surface area (Å²) >= 11 is 0. The van der Waals surface area contributed by atoms with Crippen LogP contribution in [0.15, 0.2) is 54.7 Å². The molecule has 25 heavy (non-hydrogen) atoms. The Morgan fingerprint density at radius 2 is 2.00 bits per heavy atom. The van der Waals surface area contributed by atoms with Gasteiger partial charge in [-0.25, -0.2) is 14.2 Å². The van der Waals surface area contributed by atoms with E-state index >= 15 is 0 Å². The normalized spacial score (nSPS) is 12.4. The van der Waals surface area contributed by atoms with Crippen molar-refractivity contribution in [3.05, 3.63) is 66.0 Å². The minimum atomic E-state index is -1.68. The van der Waals surface area contributed by atoms with Gasteiger partial charge in [0.15, 0.2) is 5.67 Å². The number of hydrogen-bond acceptors (Lipinski definition) is 3. The second-order valence-electron chi connectivity index (χ2n) is 5.52. The number of alkyl carbamates (subject to hydrolysis) is 1. The van der Waals surface area contributed by atoms with Crippen LogP contribution in [0.2, 0.25) is 0 Å². The minimum Gasteiger partial charge on any atom is -0.445 e. The number of ether oxygens (including phenoxy) is 1. The molecule has 1 aromatic carbocycles. The number of amides is 1. The lowest BCUT2D eigenvalue weighted by molar-refractivity contribution is 0.136. The number of aromatic nitrogens is 1. The summed E-state index contributed by atoms with van der Waals surface area (Å²) in [4.78, 5) is 15.7. The van der Waals surface area contributed by atoms with Gasteiger partial charge in [0.05, 0.1) is 0 Å². The quantitative estimate of drug-likeness (QED) is 0.812. The molecule has 0 spiro atoms. The molecule has 1 amide bonds. The van der Waals surface area contributed by atoms with Crippen molar-refractivity contribution < 1.29 is 13.9 Å². The lowest BCUT2D eigenvalue weighted by Crippen LogP contribution is -2.31. The van der Waals surface area contributed by atoms with E-state index < -0.39 is 11.8 Å². The average Bonchev–Trinajstić information content (AvgIpc) is 2.66. The van der Waals surface area contributed by atoms with Gasteiger partial charge in [-0.3, -0.25) is 0 Å². The predicted octanol–water partition coefficient (Wildman–Crippen LogP) is 3.87. The van der Waals surface area contributed by atoms with Crippen LogP contribution < -0.4 is 5.32 Å². The van der Waals surface area contributed by atoms with Gasteiger partial charge in [0.2, 0.25) is 0 Å². The van der Waals surface area contributed by atoms with E-state index in [0.29, 0.717) is 5.69 Å². The minimum absolute atomic E-state index is 0.0871. The van der Waals surface area contributed by atoms with Gasteiger partial charge < -0.3 is 10.1 Å². The van der Waals surface area contributed by atoms with Gasteiger partial charge in [-0.05, 0) is 30.0 Å². The predicted molar refractivity (Wildman–Crippen MR) is 94.5 cm³/mol. The monoisotopic (exact) mass is 340 g/mol. The molecule has 1 heterocycles. The lowest BCUT2D eigenvalue weighted by atomic mass is 9.99. The Hall–Kier alpha value is -2.87. The third-order valence-corrected chi connectivity index (χ3v) is 3.64. The maximum absolute atomic E-state index is 14.7. The molecule has 1 N–H and O–H groups in total. The standard InChI is InChI=1S/C20H21FN2O2/c1-2-20(21,12-11-18-10-6-7-14-22-18)13-15-23-19(24)25-16-17-8-4-3-5-9-17/h3-10,14H,2,13,15-16H2,1H3,(H,23,24). The molecule has 0 aliphatic heterocycles. The van der Waals surface area contributed by atoms with Crippen LogP contribution in [0.3, 0.4) is 0 Å². The van der Waals surface area contributed by atoms with Crippen LogP contribution in [0.1, 0.15) is 31.0 Å². The first-order valence-electron chi connectivity index (χ1n) is 8.19. The first kappa shape index (κ1) is 18.5. The summed E-state index contributed by atoms with van der Waals surface area (Å²) in [7, 11) is 0. The summed E-state index contributed by atoms with van der Waals surface area (Å²) in [6, 6.07) is 14.7. The highest BCUT2D eigenvalue weighted by molar-refractivity contribution is 5.67. The molecule has 0 aliphatic rings. The van der Waals surface area contributed by atoms with Gasteiger partial charge in [0.25, 0.3) is 0 Å². The number of carbonyl (C=O) groups is 1. The molecule has 5 heteroatoms. The molecule has 0 saturated carbocycles. The molecule has 0 fully saturated rings. The number of rotatable bonds is 6. The maximum atomic E-state index is 14.7. The van der Waals surface area contributed by atoms with Gasteiger partial charge >= 0.3 is 6.09 Å². The molecule has 1 atom stereocenters. The number of carbonyl (C=O) groups excluding carboxylic acids is 1. The van der Waals surface area contributed by atoms with E-state index in [4.69, 9.17) is 4.74 Å². The van der Waals surface area contributed by atoms with E-state index in [0.717, 1.165) is 5.56 Å². The highest BCUT2D eigenvalue weighted by Gasteiger charge is 2.24. The second-order valence-corrected chi connectivity index (χ2v) is 5.52. The van der Waals surface area contributed by atoms with Gasteiger partial charge in [-0.2, -0.15) is 0 Å². The van der Waals surface area contributed by atoms with Crippen molar-refractivity contribution in [1.82, 2.24) is 10.3 Å². The van der Waals surface area contributed by atoms with Gasteiger partial charge in [-0.15, -0.1) is 0 Å². The van der Waals surface area contributed by atoms with Crippen LogP contribution in [-0.2, 0) is 11.3 Å². The Labute approximate surface area is 147 Å². The summed E-state index contributed by atoms with van der Waals surface area (Å²) in [6.45, 7) is 2.05. The molecule has 2 rings (SSSR count). The fourth-order valence-electron chi connectivity index (χ4n) is 2.08. The SMILES string of the molecule is CCC(F)(C#Cc1ccccn1)CCNC(=O)OCc1ccccc1. The topological polar surface area (TPSA) is 51.2 Å². The van der Waals surface area contributed by atoms with Crippen molar-refractivity contribution in [2.24, 2.45) is 0 Å². The van der Waals surface area contributed by atoms with Crippen LogP contribution in [0.25, 0.3) is 0 Å². The summed E-state index contributed by atoms with van der Waals surface area (Å²) in [6.07, 6.45) is 1.36. The first-order valence-corrected chi connectivity index (χ1v) is 8.19. The Bertz CT molecular complexity index is 726. The third-order valence-electron chi connectivity index (χ3n) is 3.64. The fraction of sp³-hybridized carbons (Fsp3) is 0.300. The average molecular weight is 340 g/mol. The smallest absolute Gasteiger partial charge is 0.407 e. The van der Waals surface area contributed by atoms with Crippen LogP contribution >= 0.6 is 0 Å². The number of nitrogens with one attached hydrogen (secondary N) is 1. The van der Waals surface area contributed by atoms with Crippen molar-refractivity contribution in [3.63, 3.8) is 0 Å². The summed E-state index contributed by atoms with van der Waals surface area (Å²) in [5.41, 5.74) is -0.259. The number of halogens is 1. The van der Waals surface area contributed by atoms with Crippen molar-refractivity contribution in [3.8, 4) is 11.8 Å². The fourth-order valence-corrected chi connectivity index (χ4v) is 2.08. The largest absolute Gasteiger partial charge is 0.445 e. The van der Waals surface area contributed by atoms with Crippen molar-refractivity contribution in [1.29, 1.82) is 0 Å². The molecular weight excluding hydrogens is 319 g/mol. The first-order chi connectivity index (χ1) is 12.1. The number of pyridine rings is 1. The van der Waals surface area contributed by atoms with E-state index in [1.54, 1.807) is 31.3 Å². The van der Waals surface area contributed by atoms with E-state index in [1.165, 1.54) is 0 Å². The number of alkyl halides is 1. The number of benzene rings is 1. The highest BCUT2D eigenvalue weighted by Crippen LogP contribution is 2.19. The Morgan fingerprint density at radius 1 is 1.24 bits per heavy atom. The van der Waals surface area contributed by atoms with Crippen molar-refractivity contribution >= 4 is 6.09 Å². The number of nitrogens with zero attached hydrogens (tertiary/aromatic N) is 1. The van der Waals surface area contributed by atoms with Crippen molar-refractivity contribution in [2.45, 2.75) is 32.0 Å². The third kappa shape index (κ3) is 6.64. The van der Waals surface area contributed by atoms with Gasteiger partial charge in [-0.1, -0.05) is 49.2 Å². The molecule has 0 radical (unpaired) electrons. The van der Waals surface area contributed by atoms with Crippen LogP contribution in [0, 0.1) is 11.8 Å². The molecule has 0 aliphatic carbocycles. The molecule has 4 nitrogen and oxygen atoms in total. The zero-order chi connectivity index (χ0) is 18.0. The Balaban J connectivity index is 1.78. The Kier molecular flexibility index (Phi) is 6.97. The zero-order valence-electron chi connectivity index (χ0n) is 14.2. The van der Waals surface area contributed by atoms with E-state index in [1.807, 2.05) is 30.3 Å². The summed E-state index contributed by atoms with van der Waals surface area (Å²) < 4.78 is 19.8. The van der Waals surface area contributed by atoms with Crippen LogP contribution in [-0.4, -0.2) is 23.3 Å². The molecule has 130 valence electrons. The molecule has 2 aromatic rings. The molecule has 0 saturated heterocycles. The molecule has 1 unspecified atom stereocenters. The van der Waals surface area contributed by atoms with Crippen LogP contribution in [0.5, 0.6) is 0 Å². The van der Waals surface area contributed by atoms with E-state index in [2.05, 4.69) is 22.1 Å². The zero-order valence-corrected chi connectivity index (χ0v) is 14.2. The highest BCUT2D eigenvalue weighted by atomic mass is 19.1.